The van der Waals surface area contributed by atoms with Gasteiger partial charge in [0.2, 0.25) is 0 Å². The van der Waals surface area contributed by atoms with Gasteiger partial charge in [0.15, 0.2) is 0 Å². The van der Waals surface area contributed by atoms with E-state index in [0.29, 0.717) is 5.56 Å². The van der Waals surface area contributed by atoms with Crippen LogP contribution in [0.1, 0.15) is 23.2 Å². The average molecular weight is 351 g/mol. The second-order valence-electron chi connectivity index (χ2n) is 3.97. The van der Waals surface area contributed by atoms with E-state index in [1.54, 1.807) is 6.07 Å². The van der Waals surface area contributed by atoms with E-state index in [1.807, 2.05) is 0 Å². The number of hydrogen-bond acceptors (Lipinski definition) is 1. The van der Waals surface area contributed by atoms with Crippen LogP contribution in [0.15, 0.2) is 22.7 Å². The highest BCUT2D eigenvalue weighted by Gasteiger charge is 2.43. The molecule has 2 nitrogen and oxygen atoms in total. The quantitative estimate of drug-likeness (QED) is 0.833. The smallest absolute Gasteiger partial charge is 0.252 e. The van der Waals surface area contributed by atoms with Crippen molar-refractivity contribution in [2.75, 3.05) is 5.33 Å². The minimum atomic E-state index is -0.420. The Balaban J connectivity index is 2.18. The summed E-state index contributed by atoms with van der Waals surface area (Å²) in [5.74, 6) is -0.653. The van der Waals surface area contributed by atoms with Gasteiger partial charge in [-0.15, -0.1) is 0 Å². The van der Waals surface area contributed by atoms with Gasteiger partial charge in [0.25, 0.3) is 5.91 Å². The van der Waals surface area contributed by atoms with Gasteiger partial charge >= 0.3 is 0 Å². The van der Waals surface area contributed by atoms with Crippen molar-refractivity contribution >= 4 is 37.8 Å². The summed E-state index contributed by atoms with van der Waals surface area (Å²) in [4.78, 5) is 11.9. The molecule has 0 aromatic heterocycles. The van der Waals surface area contributed by atoms with Gasteiger partial charge in [0.05, 0.1) is 15.6 Å². The maximum atomic E-state index is 13.2. The predicted octanol–water partition coefficient (Wildman–Crippen LogP) is 3.25. The molecule has 0 atom stereocenters. The third kappa shape index (κ3) is 2.30. The van der Waals surface area contributed by atoms with Crippen LogP contribution in [-0.4, -0.2) is 16.8 Å². The molecule has 1 amide bonds. The zero-order valence-corrected chi connectivity index (χ0v) is 11.6. The van der Waals surface area contributed by atoms with Gasteiger partial charge in [-0.1, -0.05) is 22.0 Å². The molecule has 2 rings (SSSR count). The van der Waals surface area contributed by atoms with Crippen LogP contribution >= 0.6 is 31.9 Å². The predicted molar refractivity (Wildman–Crippen MR) is 67.3 cm³/mol. The summed E-state index contributed by atoms with van der Waals surface area (Å²) in [5.41, 5.74) is 0.218. The Morgan fingerprint density at radius 1 is 1.50 bits per heavy atom. The molecule has 1 fully saturated rings. The van der Waals surface area contributed by atoms with Crippen molar-refractivity contribution in [3.63, 3.8) is 0 Å². The van der Waals surface area contributed by atoms with Crippen LogP contribution < -0.4 is 5.32 Å². The molecule has 0 saturated heterocycles. The van der Waals surface area contributed by atoms with Crippen LogP contribution in [0.2, 0.25) is 0 Å². The minimum Gasteiger partial charge on any atom is -0.346 e. The fourth-order valence-electron chi connectivity index (χ4n) is 1.43. The Morgan fingerprint density at radius 3 is 2.75 bits per heavy atom. The maximum absolute atomic E-state index is 13.2. The standard InChI is InChI=1S/C11H10Br2FNO/c12-6-11(4-5-11)15-10(16)7-2-1-3-8(14)9(7)13/h1-3H,4-6H2,(H,15,16). The molecule has 0 bridgehead atoms. The molecule has 0 spiro atoms. The summed E-state index contributed by atoms with van der Waals surface area (Å²) in [6.07, 6.45) is 1.94. The first-order valence-corrected chi connectivity index (χ1v) is 6.82. The summed E-state index contributed by atoms with van der Waals surface area (Å²) >= 11 is 6.45. The van der Waals surface area contributed by atoms with E-state index in [4.69, 9.17) is 0 Å². The summed E-state index contributed by atoms with van der Waals surface area (Å²) in [6.45, 7) is 0. The molecule has 0 aliphatic heterocycles. The molecule has 1 aliphatic carbocycles. The number of halogens is 3. The van der Waals surface area contributed by atoms with Gasteiger partial charge in [-0.2, -0.15) is 0 Å². The van der Waals surface area contributed by atoms with Crippen molar-refractivity contribution in [3.8, 4) is 0 Å². The van der Waals surface area contributed by atoms with Crippen molar-refractivity contribution in [2.24, 2.45) is 0 Å². The van der Waals surface area contributed by atoms with Crippen molar-refractivity contribution in [1.82, 2.24) is 5.32 Å². The Bertz CT molecular complexity index is 432. The molecular formula is C11H10Br2FNO. The average Bonchev–Trinajstić information content (AvgIpc) is 3.02. The lowest BCUT2D eigenvalue weighted by atomic mass is 10.2. The molecule has 1 aromatic rings. The fraction of sp³-hybridized carbons (Fsp3) is 0.364. The van der Waals surface area contributed by atoms with E-state index < -0.39 is 5.82 Å². The first-order chi connectivity index (χ1) is 7.58. The Hall–Kier alpha value is -0.420. The maximum Gasteiger partial charge on any atom is 0.252 e. The third-order valence-electron chi connectivity index (χ3n) is 2.68. The SMILES string of the molecule is O=C(NC1(CBr)CC1)c1cccc(F)c1Br. The van der Waals surface area contributed by atoms with Gasteiger partial charge < -0.3 is 5.32 Å². The molecule has 86 valence electrons. The van der Waals surface area contributed by atoms with Crippen LogP contribution in [0.25, 0.3) is 0 Å². The second-order valence-corrected chi connectivity index (χ2v) is 5.32. The highest BCUT2D eigenvalue weighted by Crippen LogP contribution is 2.37. The Labute approximate surface area is 110 Å². The van der Waals surface area contributed by atoms with Crippen LogP contribution in [-0.2, 0) is 0 Å². The van der Waals surface area contributed by atoms with Gasteiger partial charge in [-0.3, -0.25) is 4.79 Å². The van der Waals surface area contributed by atoms with E-state index in [2.05, 4.69) is 37.2 Å². The van der Waals surface area contributed by atoms with E-state index in [-0.39, 0.29) is 15.9 Å². The molecule has 1 aromatic carbocycles. The number of hydrogen-bond donors (Lipinski definition) is 1. The second kappa shape index (κ2) is 4.45. The van der Waals surface area contributed by atoms with Crippen molar-refractivity contribution < 1.29 is 9.18 Å². The lowest BCUT2D eigenvalue weighted by Crippen LogP contribution is -2.38. The largest absolute Gasteiger partial charge is 0.346 e. The topological polar surface area (TPSA) is 29.1 Å². The van der Waals surface area contributed by atoms with Gasteiger partial charge in [-0.05, 0) is 40.9 Å². The fourth-order valence-corrected chi connectivity index (χ4v) is 2.58. The van der Waals surface area contributed by atoms with Crippen LogP contribution in [0.3, 0.4) is 0 Å². The van der Waals surface area contributed by atoms with E-state index in [9.17, 15) is 9.18 Å². The van der Waals surface area contributed by atoms with Crippen LogP contribution in [0, 0.1) is 5.82 Å². The minimum absolute atomic E-state index is 0.122. The van der Waals surface area contributed by atoms with E-state index in [0.717, 1.165) is 18.2 Å². The first-order valence-electron chi connectivity index (χ1n) is 4.90. The van der Waals surface area contributed by atoms with E-state index >= 15 is 0 Å². The van der Waals surface area contributed by atoms with Gasteiger partial charge in [0.1, 0.15) is 5.82 Å². The number of rotatable bonds is 3. The molecule has 0 unspecified atom stereocenters. The normalized spacial score (nSPS) is 16.9. The molecule has 1 saturated carbocycles. The van der Waals surface area contributed by atoms with Crippen LogP contribution in [0.4, 0.5) is 4.39 Å². The molecule has 5 heteroatoms. The molecule has 1 N–H and O–H groups in total. The molecule has 1 aliphatic rings. The van der Waals surface area contributed by atoms with Gasteiger partial charge in [0, 0.05) is 5.33 Å². The highest BCUT2D eigenvalue weighted by atomic mass is 79.9. The van der Waals surface area contributed by atoms with Crippen molar-refractivity contribution in [1.29, 1.82) is 0 Å². The number of carbonyl (C=O) groups is 1. The van der Waals surface area contributed by atoms with Crippen LogP contribution in [0.5, 0.6) is 0 Å². The first kappa shape index (κ1) is 12.0. The lowest BCUT2D eigenvalue weighted by Gasteiger charge is -2.14. The molecule has 0 radical (unpaired) electrons. The summed E-state index contributed by atoms with van der Waals surface area (Å²) in [5, 5.41) is 3.65. The number of nitrogens with one attached hydrogen (secondary N) is 1. The number of benzene rings is 1. The van der Waals surface area contributed by atoms with Gasteiger partial charge in [-0.25, -0.2) is 4.39 Å². The van der Waals surface area contributed by atoms with E-state index in [1.165, 1.54) is 12.1 Å². The highest BCUT2D eigenvalue weighted by molar-refractivity contribution is 9.10. The Morgan fingerprint density at radius 2 is 2.19 bits per heavy atom. The Kier molecular flexibility index (Phi) is 3.35. The molecule has 0 heterocycles. The number of amides is 1. The zero-order valence-electron chi connectivity index (χ0n) is 8.40. The van der Waals surface area contributed by atoms with Crippen molar-refractivity contribution in [3.05, 3.63) is 34.1 Å². The molecular weight excluding hydrogens is 341 g/mol. The summed E-state index contributed by atoms with van der Waals surface area (Å²) in [6, 6.07) is 4.45. The molecule has 16 heavy (non-hydrogen) atoms. The number of alkyl halides is 1. The lowest BCUT2D eigenvalue weighted by molar-refractivity contribution is 0.0935. The number of carbonyl (C=O) groups excluding carboxylic acids is 1. The summed E-state index contributed by atoms with van der Waals surface area (Å²) in [7, 11) is 0. The van der Waals surface area contributed by atoms with Crippen molar-refractivity contribution in [2.45, 2.75) is 18.4 Å². The monoisotopic (exact) mass is 349 g/mol. The third-order valence-corrected chi connectivity index (χ3v) is 4.56. The zero-order chi connectivity index (χ0) is 11.8. The summed E-state index contributed by atoms with van der Waals surface area (Å²) < 4.78 is 13.5.